The van der Waals surface area contributed by atoms with Gasteiger partial charge in [0.2, 0.25) is 0 Å². The van der Waals surface area contributed by atoms with E-state index in [4.69, 9.17) is 11.0 Å². The highest BCUT2D eigenvalue weighted by Crippen LogP contribution is 2.24. The molecule has 0 bridgehead atoms. The molecule has 4 heteroatoms. The van der Waals surface area contributed by atoms with E-state index in [0.717, 1.165) is 33.7 Å². The first-order valence-corrected chi connectivity index (χ1v) is 6.88. The quantitative estimate of drug-likeness (QED) is 0.799. The standard InChI is InChI=1S/C17H16N4/c1-12-10-13(11-19)6-7-15(12)21-16-5-3-2-4-14(16)20-17(21)8-9-18/h2-7,10H,8,11,19H2,1H3. The zero-order valence-corrected chi connectivity index (χ0v) is 11.9. The van der Waals surface area contributed by atoms with Crippen molar-refractivity contribution in [1.29, 1.82) is 5.26 Å². The predicted molar refractivity (Wildman–Crippen MR) is 83.0 cm³/mol. The summed E-state index contributed by atoms with van der Waals surface area (Å²) in [6, 6.07) is 16.3. The Morgan fingerprint density at radius 3 is 2.76 bits per heavy atom. The van der Waals surface area contributed by atoms with Crippen molar-refractivity contribution in [2.24, 2.45) is 5.73 Å². The monoisotopic (exact) mass is 276 g/mol. The molecule has 0 saturated heterocycles. The molecule has 0 fully saturated rings. The van der Waals surface area contributed by atoms with Gasteiger partial charge in [-0.2, -0.15) is 5.26 Å². The number of aromatic nitrogens is 2. The van der Waals surface area contributed by atoms with Gasteiger partial charge in [0, 0.05) is 6.54 Å². The lowest BCUT2D eigenvalue weighted by Crippen LogP contribution is -2.04. The molecule has 0 aliphatic heterocycles. The number of nitriles is 1. The van der Waals surface area contributed by atoms with E-state index in [-0.39, 0.29) is 6.42 Å². The van der Waals surface area contributed by atoms with Crippen LogP contribution in [0.3, 0.4) is 0 Å². The number of imidazole rings is 1. The van der Waals surface area contributed by atoms with Gasteiger partial charge in [-0.15, -0.1) is 0 Å². The maximum atomic E-state index is 9.05. The highest BCUT2D eigenvalue weighted by Gasteiger charge is 2.13. The van der Waals surface area contributed by atoms with Crippen LogP contribution in [0.2, 0.25) is 0 Å². The molecule has 0 radical (unpaired) electrons. The van der Waals surface area contributed by atoms with Crippen molar-refractivity contribution in [2.45, 2.75) is 19.9 Å². The molecule has 0 saturated carbocycles. The van der Waals surface area contributed by atoms with Crippen molar-refractivity contribution < 1.29 is 0 Å². The van der Waals surface area contributed by atoms with E-state index in [9.17, 15) is 0 Å². The molecule has 0 unspecified atom stereocenters. The fraction of sp³-hybridized carbons (Fsp3) is 0.176. The van der Waals surface area contributed by atoms with E-state index in [1.54, 1.807) is 0 Å². The van der Waals surface area contributed by atoms with Gasteiger partial charge in [0.25, 0.3) is 0 Å². The first kappa shape index (κ1) is 13.3. The van der Waals surface area contributed by atoms with Gasteiger partial charge < -0.3 is 5.73 Å². The number of hydrogen-bond acceptors (Lipinski definition) is 3. The number of fused-ring (bicyclic) bond motifs is 1. The third kappa shape index (κ3) is 2.28. The van der Waals surface area contributed by atoms with E-state index >= 15 is 0 Å². The van der Waals surface area contributed by atoms with Crippen LogP contribution in [0.25, 0.3) is 16.7 Å². The molecule has 3 rings (SSSR count). The Morgan fingerprint density at radius 1 is 1.24 bits per heavy atom. The average Bonchev–Trinajstić information content (AvgIpc) is 2.85. The van der Waals surface area contributed by atoms with Crippen LogP contribution in [0.1, 0.15) is 17.0 Å². The minimum absolute atomic E-state index is 0.284. The van der Waals surface area contributed by atoms with Crippen molar-refractivity contribution in [3.05, 3.63) is 59.4 Å². The van der Waals surface area contributed by atoms with Crippen LogP contribution in [0, 0.1) is 18.3 Å². The zero-order valence-electron chi connectivity index (χ0n) is 11.9. The van der Waals surface area contributed by atoms with Crippen molar-refractivity contribution in [3.63, 3.8) is 0 Å². The zero-order chi connectivity index (χ0) is 14.8. The molecular formula is C17H16N4. The second-order valence-corrected chi connectivity index (χ2v) is 5.01. The highest BCUT2D eigenvalue weighted by atomic mass is 15.1. The SMILES string of the molecule is Cc1cc(CN)ccc1-n1c(CC#N)nc2ccccc21. The molecule has 0 atom stereocenters. The summed E-state index contributed by atoms with van der Waals surface area (Å²) in [5.41, 5.74) is 10.9. The summed E-state index contributed by atoms with van der Waals surface area (Å²) in [4.78, 5) is 4.58. The number of hydrogen-bond donors (Lipinski definition) is 1. The third-order valence-electron chi connectivity index (χ3n) is 3.61. The van der Waals surface area contributed by atoms with Crippen LogP contribution in [-0.2, 0) is 13.0 Å². The number of benzene rings is 2. The summed E-state index contributed by atoms with van der Waals surface area (Å²) >= 11 is 0. The van der Waals surface area contributed by atoms with Gasteiger partial charge in [-0.3, -0.25) is 4.57 Å². The Morgan fingerprint density at radius 2 is 2.05 bits per heavy atom. The van der Waals surface area contributed by atoms with Gasteiger partial charge in [0.05, 0.1) is 29.2 Å². The lowest BCUT2D eigenvalue weighted by atomic mass is 10.1. The van der Waals surface area contributed by atoms with Crippen LogP contribution in [0.4, 0.5) is 0 Å². The van der Waals surface area contributed by atoms with E-state index < -0.39 is 0 Å². The van der Waals surface area contributed by atoms with Gasteiger partial charge in [-0.05, 0) is 36.2 Å². The van der Waals surface area contributed by atoms with E-state index in [0.29, 0.717) is 6.54 Å². The minimum atomic E-state index is 0.284. The Kier molecular flexibility index (Phi) is 3.43. The van der Waals surface area contributed by atoms with Crippen molar-refractivity contribution in [2.75, 3.05) is 0 Å². The van der Waals surface area contributed by atoms with Crippen molar-refractivity contribution in [3.8, 4) is 11.8 Å². The number of nitrogens with two attached hydrogens (primary N) is 1. The highest BCUT2D eigenvalue weighted by molar-refractivity contribution is 5.78. The van der Waals surface area contributed by atoms with Crippen molar-refractivity contribution in [1.82, 2.24) is 9.55 Å². The average molecular weight is 276 g/mol. The van der Waals surface area contributed by atoms with Gasteiger partial charge in [0.1, 0.15) is 5.82 Å². The van der Waals surface area contributed by atoms with E-state index in [2.05, 4.69) is 28.6 Å². The second-order valence-electron chi connectivity index (χ2n) is 5.01. The summed E-state index contributed by atoms with van der Waals surface area (Å²) in [6.07, 6.45) is 0.284. The molecule has 1 heterocycles. The maximum absolute atomic E-state index is 9.05. The molecule has 1 aromatic heterocycles. The first-order valence-electron chi connectivity index (χ1n) is 6.88. The molecular weight excluding hydrogens is 260 g/mol. The minimum Gasteiger partial charge on any atom is -0.326 e. The summed E-state index contributed by atoms with van der Waals surface area (Å²) in [7, 11) is 0. The number of para-hydroxylation sites is 2. The predicted octanol–water partition coefficient (Wildman–Crippen LogP) is 2.86. The molecule has 0 aliphatic carbocycles. The van der Waals surface area contributed by atoms with Gasteiger partial charge in [-0.1, -0.05) is 24.3 Å². The molecule has 0 amide bonds. The normalized spacial score (nSPS) is 10.7. The molecule has 3 aromatic rings. The van der Waals surface area contributed by atoms with Crippen LogP contribution >= 0.6 is 0 Å². The van der Waals surface area contributed by atoms with Crippen LogP contribution in [0.5, 0.6) is 0 Å². The first-order chi connectivity index (χ1) is 10.2. The number of nitrogens with zero attached hydrogens (tertiary/aromatic N) is 3. The summed E-state index contributed by atoms with van der Waals surface area (Å²) in [6.45, 7) is 2.58. The van der Waals surface area contributed by atoms with E-state index in [1.165, 1.54) is 0 Å². The lowest BCUT2D eigenvalue weighted by molar-refractivity contribution is 0.942. The summed E-state index contributed by atoms with van der Waals surface area (Å²) in [5.74, 6) is 0.766. The van der Waals surface area contributed by atoms with Crippen LogP contribution in [-0.4, -0.2) is 9.55 Å². The molecule has 4 nitrogen and oxygen atoms in total. The van der Waals surface area contributed by atoms with Gasteiger partial charge in [0.15, 0.2) is 0 Å². The molecule has 0 aliphatic rings. The molecule has 21 heavy (non-hydrogen) atoms. The van der Waals surface area contributed by atoms with Crippen LogP contribution in [0.15, 0.2) is 42.5 Å². The summed E-state index contributed by atoms with van der Waals surface area (Å²) < 4.78 is 2.06. The van der Waals surface area contributed by atoms with Crippen LogP contribution < -0.4 is 5.73 Å². The Bertz CT molecular complexity index is 840. The van der Waals surface area contributed by atoms with Crippen molar-refractivity contribution >= 4 is 11.0 Å². The molecule has 0 spiro atoms. The fourth-order valence-electron chi connectivity index (χ4n) is 2.63. The lowest BCUT2D eigenvalue weighted by Gasteiger charge is -2.12. The largest absolute Gasteiger partial charge is 0.326 e. The molecule has 2 aromatic carbocycles. The second kappa shape index (κ2) is 5.39. The maximum Gasteiger partial charge on any atom is 0.128 e. The van der Waals surface area contributed by atoms with Gasteiger partial charge >= 0.3 is 0 Å². The number of aryl methyl sites for hydroxylation is 1. The smallest absolute Gasteiger partial charge is 0.128 e. The summed E-state index contributed by atoms with van der Waals surface area (Å²) in [5, 5.41) is 9.05. The number of rotatable bonds is 3. The van der Waals surface area contributed by atoms with Gasteiger partial charge in [-0.25, -0.2) is 4.98 Å². The fourth-order valence-corrected chi connectivity index (χ4v) is 2.63. The molecule has 104 valence electrons. The Hall–Kier alpha value is -2.64. The Balaban J connectivity index is 2.28. The molecule has 2 N–H and O–H groups in total. The topological polar surface area (TPSA) is 67.6 Å². The Labute approximate surface area is 123 Å². The third-order valence-corrected chi connectivity index (χ3v) is 3.61. The van der Waals surface area contributed by atoms with E-state index in [1.807, 2.05) is 36.4 Å².